The first kappa shape index (κ1) is 12.5. The Morgan fingerprint density at radius 2 is 2.00 bits per heavy atom. The van der Waals surface area contributed by atoms with Crippen LogP contribution in [0.15, 0.2) is 0 Å². The van der Waals surface area contributed by atoms with E-state index in [1.807, 2.05) is 6.92 Å². The molecule has 1 N–H and O–H groups in total. The predicted octanol–water partition coefficient (Wildman–Crippen LogP) is 2.50. The van der Waals surface area contributed by atoms with Crippen molar-refractivity contribution in [3.63, 3.8) is 0 Å². The molecular weight excluding hydrogens is 188 g/mol. The van der Waals surface area contributed by atoms with Crippen molar-refractivity contribution in [1.29, 1.82) is 0 Å². The van der Waals surface area contributed by atoms with E-state index in [0.717, 1.165) is 25.7 Å². The van der Waals surface area contributed by atoms with Gasteiger partial charge in [0.1, 0.15) is 0 Å². The van der Waals surface area contributed by atoms with Gasteiger partial charge < -0.3 is 9.84 Å². The summed E-state index contributed by atoms with van der Waals surface area (Å²) in [5, 5.41) is 10.2. The van der Waals surface area contributed by atoms with E-state index in [9.17, 15) is 5.11 Å². The third kappa shape index (κ3) is 3.22. The van der Waals surface area contributed by atoms with Crippen molar-refractivity contribution in [2.45, 2.75) is 64.1 Å². The molecule has 2 nitrogen and oxygen atoms in total. The van der Waals surface area contributed by atoms with Gasteiger partial charge in [0.05, 0.1) is 11.7 Å². The molecule has 1 aliphatic rings. The quantitative estimate of drug-likeness (QED) is 0.722. The van der Waals surface area contributed by atoms with E-state index >= 15 is 0 Å². The zero-order valence-electron chi connectivity index (χ0n) is 9.88. The summed E-state index contributed by atoms with van der Waals surface area (Å²) in [6.45, 7) is 4.48. The molecule has 2 heteroatoms. The van der Waals surface area contributed by atoms with E-state index in [1.54, 1.807) is 6.92 Å². The largest absolute Gasteiger partial charge is 0.389 e. The molecule has 0 heterocycles. The SMILES string of the molecule is CC#CCC(O)C1(OCC)CCCCC1. The molecule has 1 aliphatic carbocycles. The number of rotatable bonds is 4. The number of ether oxygens (including phenoxy) is 1. The third-order valence-corrected chi connectivity index (χ3v) is 3.21. The van der Waals surface area contributed by atoms with Gasteiger partial charge in [0.15, 0.2) is 0 Å². The molecule has 1 saturated carbocycles. The average molecular weight is 210 g/mol. The zero-order chi connectivity index (χ0) is 11.1. The second kappa shape index (κ2) is 6.15. The Labute approximate surface area is 93.0 Å². The molecule has 0 saturated heterocycles. The fraction of sp³-hybridized carbons (Fsp3) is 0.846. The van der Waals surface area contributed by atoms with Crippen molar-refractivity contribution < 1.29 is 9.84 Å². The lowest BCUT2D eigenvalue weighted by Gasteiger charge is -2.40. The molecule has 1 fully saturated rings. The summed E-state index contributed by atoms with van der Waals surface area (Å²) in [5.74, 6) is 5.78. The molecule has 0 radical (unpaired) electrons. The second-order valence-electron chi connectivity index (χ2n) is 4.21. The van der Waals surface area contributed by atoms with Gasteiger partial charge >= 0.3 is 0 Å². The number of aliphatic hydroxyl groups is 1. The minimum absolute atomic E-state index is 0.309. The molecule has 1 rings (SSSR count). The summed E-state index contributed by atoms with van der Waals surface area (Å²) in [5.41, 5.74) is -0.309. The van der Waals surface area contributed by atoms with Crippen LogP contribution in [0.4, 0.5) is 0 Å². The Morgan fingerprint density at radius 1 is 1.33 bits per heavy atom. The molecule has 86 valence electrons. The highest BCUT2D eigenvalue weighted by Crippen LogP contribution is 2.35. The van der Waals surface area contributed by atoms with Crippen molar-refractivity contribution in [1.82, 2.24) is 0 Å². The minimum Gasteiger partial charge on any atom is -0.389 e. The van der Waals surface area contributed by atoms with Crippen LogP contribution in [0.2, 0.25) is 0 Å². The molecule has 0 aromatic rings. The Bertz CT molecular complexity index is 225. The molecule has 0 aromatic carbocycles. The molecule has 1 unspecified atom stereocenters. The Hall–Kier alpha value is -0.520. The highest BCUT2D eigenvalue weighted by molar-refractivity contribution is 5.02. The summed E-state index contributed by atoms with van der Waals surface area (Å²) < 4.78 is 5.81. The van der Waals surface area contributed by atoms with Gasteiger partial charge in [-0.2, -0.15) is 0 Å². The first-order valence-corrected chi connectivity index (χ1v) is 5.97. The standard InChI is InChI=1S/C13H22O2/c1-3-5-9-12(14)13(15-4-2)10-7-6-8-11-13/h12,14H,4,6-11H2,1-2H3. The summed E-state index contributed by atoms with van der Waals surface area (Å²) in [7, 11) is 0. The van der Waals surface area contributed by atoms with Crippen LogP contribution in [0.3, 0.4) is 0 Å². The van der Waals surface area contributed by atoms with Crippen LogP contribution in [0.5, 0.6) is 0 Å². The summed E-state index contributed by atoms with van der Waals surface area (Å²) in [6, 6.07) is 0. The van der Waals surface area contributed by atoms with Crippen molar-refractivity contribution in [3.05, 3.63) is 0 Å². The molecular formula is C13H22O2. The topological polar surface area (TPSA) is 29.5 Å². The maximum absolute atomic E-state index is 10.2. The van der Waals surface area contributed by atoms with Gasteiger partial charge in [-0.15, -0.1) is 11.8 Å². The fourth-order valence-corrected chi connectivity index (χ4v) is 2.40. The molecule has 0 amide bonds. The van der Waals surface area contributed by atoms with Gasteiger partial charge in [-0.25, -0.2) is 0 Å². The lowest BCUT2D eigenvalue weighted by molar-refractivity contribution is -0.137. The van der Waals surface area contributed by atoms with Crippen LogP contribution in [0.1, 0.15) is 52.4 Å². The molecule has 15 heavy (non-hydrogen) atoms. The molecule has 0 aromatic heterocycles. The highest BCUT2D eigenvalue weighted by atomic mass is 16.5. The van der Waals surface area contributed by atoms with Crippen molar-refractivity contribution >= 4 is 0 Å². The van der Waals surface area contributed by atoms with Gasteiger partial charge in [-0.3, -0.25) is 0 Å². The van der Waals surface area contributed by atoms with E-state index in [0.29, 0.717) is 13.0 Å². The monoisotopic (exact) mass is 210 g/mol. The smallest absolute Gasteiger partial charge is 0.0949 e. The van der Waals surface area contributed by atoms with Crippen molar-refractivity contribution in [2.75, 3.05) is 6.61 Å². The Kier molecular flexibility index (Phi) is 5.14. The number of hydrogen-bond donors (Lipinski definition) is 1. The molecule has 0 spiro atoms. The predicted molar refractivity (Wildman–Crippen MR) is 61.5 cm³/mol. The third-order valence-electron chi connectivity index (χ3n) is 3.21. The van der Waals surface area contributed by atoms with Gasteiger partial charge in [0.2, 0.25) is 0 Å². The van der Waals surface area contributed by atoms with Crippen molar-refractivity contribution in [3.8, 4) is 11.8 Å². The van der Waals surface area contributed by atoms with Crippen LogP contribution < -0.4 is 0 Å². The van der Waals surface area contributed by atoms with E-state index in [1.165, 1.54) is 6.42 Å². The summed E-state index contributed by atoms with van der Waals surface area (Å²) in [6.07, 6.45) is 5.66. The zero-order valence-corrected chi connectivity index (χ0v) is 9.88. The van der Waals surface area contributed by atoms with E-state index in [2.05, 4.69) is 11.8 Å². The van der Waals surface area contributed by atoms with Crippen LogP contribution in [-0.2, 0) is 4.74 Å². The normalized spacial score (nSPS) is 21.5. The van der Waals surface area contributed by atoms with Gasteiger partial charge in [0, 0.05) is 13.0 Å². The maximum atomic E-state index is 10.2. The van der Waals surface area contributed by atoms with Gasteiger partial charge in [-0.1, -0.05) is 19.3 Å². The lowest BCUT2D eigenvalue weighted by Crippen LogP contribution is -2.46. The average Bonchev–Trinajstić information content (AvgIpc) is 2.27. The Balaban J connectivity index is 2.63. The van der Waals surface area contributed by atoms with Crippen molar-refractivity contribution in [2.24, 2.45) is 0 Å². The van der Waals surface area contributed by atoms with Gasteiger partial charge in [-0.05, 0) is 26.7 Å². The number of hydrogen-bond acceptors (Lipinski definition) is 2. The van der Waals surface area contributed by atoms with Crippen LogP contribution in [0.25, 0.3) is 0 Å². The molecule has 0 bridgehead atoms. The van der Waals surface area contributed by atoms with Crippen LogP contribution in [-0.4, -0.2) is 23.4 Å². The minimum atomic E-state index is -0.426. The second-order valence-corrected chi connectivity index (χ2v) is 4.21. The van der Waals surface area contributed by atoms with Crippen LogP contribution in [0, 0.1) is 11.8 Å². The first-order valence-electron chi connectivity index (χ1n) is 5.97. The fourth-order valence-electron chi connectivity index (χ4n) is 2.40. The van der Waals surface area contributed by atoms with E-state index < -0.39 is 6.10 Å². The first-order chi connectivity index (χ1) is 7.25. The maximum Gasteiger partial charge on any atom is 0.0949 e. The van der Waals surface area contributed by atoms with E-state index in [4.69, 9.17) is 4.74 Å². The number of aliphatic hydroxyl groups excluding tert-OH is 1. The summed E-state index contributed by atoms with van der Waals surface area (Å²) in [4.78, 5) is 0. The van der Waals surface area contributed by atoms with E-state index in [-0.39, 0.29) is 5.60 Å². The molecule has 0 aliphatic heterocycles. The Morgan fingerprint density at radius 3 is 2.53 bits per heavy atom. The highest BCUT2D eigenvalue weighted by Gasteiger charge is 2.39. The summed E-state index contributed by atoms with van der Waals surface area (Å²) >= 11 is 0. The van der Waals surface area contributed by atoms with Gasteiger partial charge in [0.25, 0.3) is 0 Å². The molecule has 1 atom stereocenters. The van der Waals surface area contributed by atoms with Crippen LogP contribution >= 0.6 is 0 Å². The lowest BCUT2D eigenvalue weighted by atomic mass is 9.79.